The number of hydrogen-bond acceptors (Lipinski definition) is 4. The normalized spacial score (nSPS) is 23.5. The van der Waals surface area contributed by atoms with Crippen molar-refractivity contribution in [3.8, 4) is 0 Å². The van der Waals surface area contributed by atoms with Crippen molar-refractivity contribution in [1.82, 2.24) is 15.6 Å². The molecule has 1 aliphatic carbocycles. The van der Waals surface area contributed by atoms with Gasteiger partial charge in [0.25, 0.3) is 0 Å². The first-order valence-electron chi connectivity index (χ1n) is 7.72. The van der Waals surface area contributed by atoms with Crippen LogP contribution in [0.2, 0.25) is 0 Å². The maximum atomic E-state index is 11.8. The minimum atomic E-state index is -0.169. The average Bonchev–Trinajstić information content (AvgIpc) is 2.99. The van der Waals surface area contributed by atoms with Crippen molar-refractivity contribution >= 4 is 17.4 Å². The van der Waals surface area contributed by atoms with Gasteiger partial charge >= 0.3 is 6.03 Å². The lowest BCUT2D eigenvalue weighted by molar-refractivity contribution is -0.00244. The predicted molar refractivity (Wildman–Crippen MR) is 84.4 cm³/mol. The Bertz CT molecular complexity index is 425. The lowest BCUT2D eigenvalue weighted by Gasteiger charge is -2.28. The monoisotopic (exact) mass is 311 g/mol. The molecule has 0 aromatic carbocycles. The molecule has 0 aliphatic heterocycles. The van der Waals surface area contributed by atoms with Gasteiger partial charge in [-0.1, -0.05) is 19.8 Å². The van der Waals surface area contributed by atoms with Gasteiger partial charge in [0.1, 0.15) is 5.01 Å². The van der Waals surface area contributed by atoms with Gasteiger partial charge in [-0.2, -0.15) is 0 Å². The SMILES string of the molecule is CC(NC(=O)NCCOC1CCCCC1C)c1nccs1. The van der Waals surface area contributed by atoms with Gasteiger partial charge in [-0.05, 0) is 25.7 Å². The maximum absolute atomic E-state index is 11.8. The number of rotatable bonds is 6. The number of nitrogens with zero attached hydrogens (tertiary/aromatic N) is 1. The van der Waals surface area contributed by atoms with Gasteiger partial charge in [-0.3, -0.25) is 0 Å². The Kier molecular flexibility index (Phi) is 6.45. The number of ether oxygens (including phenoxy) is 1. The molecule has 1 aromatic rings. The fraction of sp³-hybridized carbons (Fsp3) is 0.733. The zero-order valence-electron chi connectivity index (χ0n) is 12.8. The molecule has 21 heavy (non-hydrogen) atoms. The molecule has 1 aliphatic rings. The highest BCUT2D eigenvalue weighted by molar-refractivity contribution is 7.09. The number of carbonyl (C=O) groups is 1. The Morgan fingerprint density at radius 3 is 3.05 bits per heavy atom. The van der Waals surface area contributed by atoms with Gasteiger partial charge < -0.3 is 15.4 Å². The van der Waals surface area contributed by atoms with E-state index in [1.54, 1.807) is 17.5 Å². The summed E-state index contributed by atoms with van der Waals surface area (Å²) in [5, 5.41) is 8.53. The van der Waals surface area contributed by atoms with Crippen LogP contribution < -0.4 is 10.6 Å². The Labute approximate surface area is 130 Å². The van der Waals surface area contributed by atoms with Crippen LogP contribution in [0.5, 0.6) is 0 Å². The summed E-state index contributed by atoms with van der Waals surface area (Å²) in [5.74, 6) is 0.637. The van der Waals surface area contributed by atoms with Crippen LogP contribution in [-0.2, 0) is 4.74 Å². The van der Waals surface area contributed by atoms with E-state index in [1.807, 2.05) is 12.3 Å². The summed E-state index contributed by atoms with van der Waals surface area (Å²) in [5.41, 5.74) is 0. The molecule has 1 aromatic heterocycles. The van der Waals surface area contributed by atoms with Gasteiger partial charge in [0.15, 0.2) is 0 Å². The minimum absolute atomic E-state index is 0.0655. The highest BCUT2D eigenvalue weighted by Gasteiger charge is 2.21. The molecule has 1 fully saturated rings. The molecule has 0 saturated heterocycles. The third-order valence-corrected chi connectivity index (χ3v) is 4.88. The van der Waals surface area contributed by atoms with Gasteiger partial charge in [-0.25, -0.2) is 9.78 Å². The molecule has 118 valence electrons. The lowest BCUT2D eigenvalue weighted by atomic mass is 9.88. The van der Waals surface area contributed by atoms with E-state index >= 15 is 0 Å². The predicted octanol–water partition coefficient (Wildman–Crippen LogP) is 3.10. The van der Waals surface area contributed by atoms with Crippen molar-refractivity contribution in [3.05, 3.63) is 16.6 Å². The smallest absolute Gasteiger partial charge is 0.315 e. The summed E-state index contributed by atoms with van der Waals surface area (Å²) in [6, 6.07) is -0.234. The molecule has 0 bridgehead atoms. The summed E-state index contributed by atoms with van der Waals surface area (Å²) < 4.78 is 5.87. The van der Waals surface area contributed by atoms with E-state index in [9.17, 15) is 4.79 Å². The molecule has 3 atom stereocenters. The van der Waals surface area contributed by atoms with Crippen LogP contribution >= 0.6 is 11.3 Å². The quantitative estimate of drug-likeness (QED) is 0.794. The molecular weight excluding hydrogens is 286 g/mol. The standard InChI is InChI=1S/C15H25N3O2S/c1-11-5-3-4-6-13(11)20-9-7-17-15(19)18-12(2)14-16-8-10-21-14/h8,10-13H,3-7,9H2,1-2H3,(H2,17,18,19). The zero-order chi connectivity index (χ0) is 15.1. The first-order valence-corrected chi connectivity index (χ1v) is 8.60. The maximum Gasteiger partial charge on any atom is 0.315 e. The first-order chi connectivity index (χ1) is 10.2. The van der Waals surface area contributed by atoms with E-state index in [4.69, 9.17) is 4.74 Å². The largest absolute Gasteiger partial charge is 0.376 e. The summed E-state index contributed by atoms with van der Waals surface area (Å²) in [4.78, 5) is 15.9. The van der Waals surface area contributed by atoms with Crippen LogP contribution in [-0.4, -0.2) is 30.3 Å². The molecule has 0 spiro atoms. The Hall–Kier alpha value is -1.14. The topological polar surface area (TPSA) is 63.2 Å². The second-order valence-corrected chi connectivity index (χ2v) is 6.59. The van der Waals surface area contributed by atoms with Crippen LogP contribution in [0.3, 0.4) is 0 Å². The van der Waals surface area contributed by atoms with Gasteiger partial charge in [0.2, 0.25) is 0 Å². The number of nitrogens with one attached hydrogen (secondary N) is 2. The van der Waals surface area contributed by atoms with Crippen LogP contribution in [0, 0.1) is 5.92 Å². The minimum Gasteiger partial charge on any atom is -0.376 e. The molecule has 1 heterocycles. The van der Waals surface area contributed by atoms with Crippen molar-refractivity contribution in [3.63, 3.8) is 0 Å². The third kappa shape index (κ3) is 5.28. The van der Waals surface area contributed by atoms with Crippen molar-refractivity contribution in [2.24, 2.45) is 5.92 Å². The van der Waals surface area contributed by atoms with E-state index in [0.29, 0.717) is 25.2 Å². The van der Waals surface area contributed by atoms with Crippen LogP contribution in [0.1, 0.15) is 50.6 Å². The van der Waals surface area contributed by atoms with Crippen LogP contribution in [0.4, 0.5) is 4.79 Å². The van der Waals surface area contributed by atoms with Crippen LogP contribution in [0.15, 0.2) is 11.6 Å². The first kappa shape index (κ1) is 16.2. The van der Waals surface area contributed by atoms with E-state index < -0.39 is 0 Å². The number of hydrogen-bond donors (Lipinski definition) is 2. The number of amides is 2. The molecule has 5 nitrogen and oxygen atoms in total. The summed E-state index contributed by atoms with van der Waals surface area (Å²) in [7, 11) is 0. The van der Waals surface area contributed by atoms with E-state index in [0.717, 1.165) is 11.4 Å². The number of thiazole rings is 1. The Balaban J connectivity index is 1.59. The average molecular weight is 311 g/mol. The molecule has 6 heteroatoms. The Morgan fingerprint density at radius 2 is 2.33 bits per heavy atom. The molecular formula is C15H25N3O2S. The van der Waals surface area contributed by atoms with Crippen molar-refractivity contribution in [1.29, 1.82) is 0 Å². The molecule has 2 rings (SSSR count). The summed E-state index contributed by atoms with van der Waals surface area (Å²) in [6.07, 6.45) is 7.08. The van der Waals surface area contributed by atoms with Crippen LogP contribution in [0.25, 0.3) is 0 Å². The van der Waals surface area contributed by atoms with E-state index in [1.165, 1.54) is 19.3 Å². The van der Waals surface area contributed by atoms with E-state index in [-0.39, 0.29) is 12.1 Å². The van der Waals surface area contributed by atoms with Crippen molar-refractivity contribution < 1.29 is 9.53 Å². The fourth-order valence-corrected chi connectivity index (χ4v) is 3.31. The molecule has 2 amide bonds. The lowest BCUT2D eigenvalue weighted by Crippen LogP contribution is -2.39. The van der Waals surface area contributed by atoms with Crippen molar-refractivity contribution in [2.45, 2.75) is 51.7 Å². The van der Waals surface area contributed by atoms with Gasteiger partial charge in [-0.15, -0.1) is 11.3 Å². The van der Waals surface area contributed by atoms with E-state index in [2.05, 4.69) is 22.5 Å². The highest BCUT2D eigenvalue weighted by atomic mass is 32.1. The number of aromatic nitrogens is 1. The van der Waals surface area contributed by atoms with Gasteiger partial charge in [0.05, 0.1) is 18.8 Å². The van der Waals surface area contributed by atoms with Gasteiger partial charge in [0, 0.05) is 18.1 Å². The third-order valence-electron chi connectivity index (χ3n) is 3.92. The zero-order valence-corrected chi connectivity index (χ0v) is 13.6. The second-order valence-electron chi connectivity index (χ2n) is 5.66. The molecule has 0 radical (unpaired) electrons. The van der Waals surface area contributed by atoms with Crippen molar-refractivity contribution in [2.75, 3.05) is 13.2 Å². The molecule has 1 saturated carbocycles. The summed E-state index contributed by atoms with van der Waals surface area (Å²) >= 11 is 1.54. The number of urea groups is 1. The molecule has 3 unspecified atom stereocenters. The fourth-order valence-electron chi connectivity index (χ4n) is 2.66. The number of carbonyl (C=O) groups excluding carboxylic acids is 1. The molecule has 2 N–H and O–H groups in total. The second kappa shape index (κ2) is 8.34. The summed E-state index contributed by atoms with van der Waals surface area (Å²) in [6.45, 7) is 5.30. The highest BCUT2D eigenvalue weighted by Crippen LogP contribution is 2.25. The Morgan fingerprint density at radius 1 is 1.52 bits per heavy atom.